The van der Waals surface area contributed by atoms with Crippen molar-refractivity contribution in [2.45, 2.75) is 361 Å². The maximum Gasteiger partial charge on any atom is 0.306 e. The first-order valence-electron chi connectivity index (χ1n) is 33.8. The van der Waals surface area contributed by atoms with Crippen LogP contribution in [0.15, 0.2) is 60.8 Å². The quantitative estimate of drug-likeness (QED) is 0.0261. The molecule has 1 atom stereocenters. The molecule has 0 radical (unpaired) electrons. The fraction of sp³-hybridized carbons (Fsp3) is 0.817. The number of carbonyl (C=O) groups excluding carboxylic acids is 3. The summed E-state index contributed by atoms with van der Waals surface area (Å²) in [7, 11) is 0. The minimum Gasteiger partial charge on any atom is -0.462 e. The summed E-state index contributed by atoms with van der Waals surface area (Å²) >= 11 is 0. The van der Waals surface area contributed by atoms with Crippen molar-refractivity contribution in [1.29, 1.82) is 0 Å². The van der Waals surface area contributed by atoms with Gasteiger partial charge in [-0.25, -0.2) is 0 Å². The average Bonchev–Trinajstić information content (AvgIpc) is 3.43. The van der Waals surface area contributed by atoms with Crippen LogP contribution in [0, 0.1) is 0 Å². The van der Waals surface area contributed by atoms with E-state index >= 15 is 0 Å². The van der Waals surface area contributed by atoms with Crippen molar-refractivity contribution in [2.75, 3.05) is 13.2 Å². The lowest BCUT2D eigenvalue weighted by molar-refractivity contribution is -0.167. The van der Waals surface area contributed by atoms with E-state index in [1.165, 1.54) is 218 Å². The largest absolute Gasteiger partial charge is 0.462 e. The normalized spacial score (nSPS) is 12.4. The number of rotatable bonds is 62. The highest BCUT2D eigenvalue weighted by atomic mass is 16.6. The first-order valence-corrected chi connectivity index (χ1v) is 33.8. The van der Waals surface area contributed by atoms with Crippen molar-refractivity contribution in [3.63, 3.8) is 0 Å². The van der Waals surface area contributed by atoms with Crippen LogP contribution in [0.4, 0.5) is 0 Å². The van der Waals surface area contributed by atoms with Gasteiger partial charge in [0.05, 0.1) is 0 Å². The molecule has 0 spiro atoms. The topological polar surface area (TPSA) is 78.9 Å². The van der Waals surface area contributed by atoms with Gasteiger partial charge in [-0.05, 0) is 83.5 Å². The van der Waals surface area contributed by atoms with E-state index < -0.39 is 6.10 Å². The zero-order chi connectivity index (χ0) is 55.7. The van der Waals surface area contributed by atoms with Gasteiger partial charge < -0.3 is 14.2 Å². The second-order valence-electron chi connectivity index (χ2n) is 22.7. The summed E-state index contributed by atoms with van der Waals surface area (Å²) in [6.45, 7) is 6.62. The Hall–Kier alpha value is -2.89. The average molecular weight is 1080 g/mol. The lowest BCUT2D eigenvalue weighted by Crippen LogP contribution is -2.30. The molecule has 0 fully saturated rings. The summed E-state index contributed by atoms with van der Waals surface area (Å²) in [5.74, 6) is -0.870. The number of esters is 3. The molecule has 0 saturated heterocycles. The Balaban J connectivity index is 4.16. The number of carbonyl (C=O) groups is 3. The molecule has 1 unspecified atom stereocenters. The lowest BCUT2D eigenvalue weighted by atomic mass is 10.0. The monoisotopic (exact) mass is 1080 g/mol. The van der Waals surface area contributed by atoms with Gasteiger partial charge in [0.1, 0.15) is 13.2 Å². The molecular formula is C71H128O6. The highest BCUT2D eigenvalue weighted by Crippen LogP contribution is 2.17. The van der Waals surface area contributed by atoms with Crippen LogP contribution in [-0.2, 0) is 28.6 Å². The van der Waals surface area contributed by atoms with Crippen molar-refractivity contribution >= 4 is 17.9 Å². The molecule has 6 heteroatoms. The van der Waals surface area contributed by atoms with Crippen molar-refractivity contribution in [3.8, 4) is 0 Å². The predicted molar refractivity (Wildman–Crippen MR) is 335 cm³/mol. The van der Waals surface area contributed by atoms with E-state index in [9.17, 15) is 14.4 Å². The van der Waals surface area contributed by atoms with Gasteiger partial charge in [0, 0.05) is 19.3 Å². The van der Waals surface area contributed by atoms with E-state index in [2.05, 4.69) is 81.5 Å². The Bertz CT molecular complexity index is 1380. The summed E-state index contributed by atoms with van der Waals surface area (Å²) < 4.78 is 16.9. The van der Waals surface area contributed by atoms with Gasteiger partial charge in [0.15, 0.2) is 6.10 Å². The molecule has 0 rings (SSSR count). The van der Waals surface area contributed by atoms with Gasteiger partial charge in [-0.2, -0.15) is 0 Å². The fourth-order valence-corrected chi connectivity index (χ4v) is 9.88. The Kier molecular flexibility index (Phi) is 63.2. The second-order valence-corrected chi connectivity index (χ2v) is 22.7. The van der Waals surface area contributed by atoms with Crippen LogP contribution < -0.4 is 0 Å². The summed E-state index contributed by atoms with van der Waals surface area (Å²) in [5, 5.41) is 0. The molecule has 0 heterocycles. The van der Waals surface area contributed by atoms with E-state index in [0.29, 0.717) is 19.3 Å². The second kappa shape index (κ2) is 65.6. The Morgan fingerprint density at radius 1 is 0.260 bits per heavy atom. The van der Waals surface area contributed by atoms with Crippen LogP contribution in [0.5, 0.6) is 0 Å². The van der Waals surface area contributed by atoms with Crippen molar-refractivity contribution in [1.82, 2.24) is 0 Å². The SMILES string of the molecule is CCCC/C=C\C/C=C\CCCCCCCC(=O)OC(COC(=O)CCCCCCCCCCCCCCCC)COC(=O)CCCCCCCCCCCCCCCCCC/C=C\C/C=C\C/C=C\CCCCCCC. The van der Waals surface area contributed by atoms with Crippen LogP contribution in [-0.4, -0.2) is 37.2 Å². The molecule has 0 aromatic rings. The van der Waals surface area contributed by atoms with Crippen LogP contribution in [0.2, 0.25) is 0 Å². The molecule has 0 aliphatic carbocycles. The lowest BCUT2D eigenvalue weighted by Gasteiger charge is -2.18. The number of hydrogen-bond donors (Lipinski definition) is 0. The number of allylic oxidation sites excluding steroid dienone is 10. The zero-order valence-corrected chi connectivity index (χ0v) is 51.5. The van der Waals surface area contributed by atoms with Crippen LogP contribution >= 0.6 is 0 Å². The highest BCUT2D eigenvalue weighted by molar-refractivity contribution is 5.71. The number of unbranched alkanes of at least 4 members (excludes halogenated alkanes) is 41. The summed E-state index contributed by atoms with van der Waals surface area (Å²) in [5.41, 5.74) is 0. The molecule has 0 aliphatic rings. The summed E-state index contributed by atoms with van der Waals surface area (Å²) in [4.78, 5) is 38.3. The number of ether oxygens (including phenoxy) is 3. The Labute approximate surface area is 479 Å². The van der Waals surface area contributed by atoms with E-state index in [-0.39, 0.29) is 31.1 Å². The molecule has 0 amide bonds. The van der Waals surface area contributed by atoms with E-state index in [1.807, 2.05) is 0 Å². The van der Waals surface area contributed by atoms with Crippen molar-refractivity contribution in [3.05, 3.63) is 60.8 Å². The van der Waals surface area contributed by atoms with Gasteiger partial charge in [0.2, 0.25) is 0 Å². The molecule has 0 bridgehead atoms. The summed E-state index contributed by atoms with van der Waals surface area (Å²) in [6, 6.07) is 0. The van der Waals surface area contributed by atoms with Gasteiger partial charge in [-0.3, -0.25) is 14.4 Å². The Morgan fingerprint density at radius 3 is 0.766 bits per heavy atom. The van der Waals surface area contributed by atoms with Gasteiger partial charge >= 0.3 is 17.9 Å². The molecular weight excluding hydrogens is 949 g/mol. The minimum absolute atomic E-state index is 0.0753. The van der Waals surface area contributed by atoms with E-state index in [4.69, 9.17) is 14.2 Å². The molecule has 0 aliphatic heterocycles. The third-order valence-corrected chi connectivity index (χ3v) is 15.0. The molecule has 77 heavy (non-hydrogen) atoms. The molecule has 448 valence electrons. The first kappa shape index (κ1) is 74.1. The molecule has 0 aromatic heterocycles. The van der Waals surface area contributed by atoms with Crippen molar-refractivity contribution in [2.24, 2.45) is 0 Å². The first-order chi connectivity index (χ1) is 38.0. The maximum absolute atomic E-state index is 12.9. The highest BCUT2D eigenvalue weighted by Gasteiger charge is 2.19. The molecule has 0 aromatic carbocycles. The van der Waals surface area contributed by atoms with Gasteiger partial charge in [-0.15, -0.1) is 0 Å². The smallest absolute Gasteiger partial charge is 0.306 e. The fourth-order valence-electron chi connectivity index (χ4n) is 9.88. The predicted octanol–water partition coefficient (Wildman–Crippen LogP) is 23.1. The van der Waals surface area contributed by atoms with E-state index in [0.717, 1.165) is 96.3 Å². The van der Waals surface area contributed by atoms with Crippen molar-refractivity contribution < 1.29 is 28.6 Å². The third-order valence-electron chi connectivity index (χ3n) is 15.0. The third kappa shape index (κ3) is 63.8. The van der Waals surface area contributed by atoms with Crippen LogP contribution in [0.1, 0.15) is 355 Å². The Morgan fingerprint density at radius 2 is 0.481 bits per heavy atom. The standard InChI is InChI=1S/C71H128O6/c1-4-7-10-13-16-19-22-25-28-29-30-31-32-33-34-35-36-37-38-39-40-41-42-43-44-47-49-52-55-58-61-64-70(73)76-67-68(77-71(74)65-62-59-56-53-50-46-27-24-21-18-15-12-9-6-3)66-75-69(72)63-60-57-54-51-48-45-26-23-20-17-14-11-8-5-2/h15,18,22,24-25,27,29-30,32-33,68H,4-14,16-17,19-21,23,26,28,31,34-67H2,1-3H3/b18-15-,25-22-,27-24-,30-29-,33-32-. The van der Waals surface area contributed by atoms with Crippen LogP contribution in [0.3, 0.4) is 0 Å². The molecule has 6 nitrogen and oxygen atoms in total. The van der Waals surface area contributed by atoms with Gasteiger partial charge in [-0.1, -0.05) is 313 Å². The molecule has 0 N–H and O–H groups in total. The van der Waals surface area contributed by atoms with Gasteiger partial charge in [0.25, 0.3) is 0 Å². The zero-order valence-electron chi connectivity index (χ0n) is 51.5. The minimum atomic E-state index is -0.779. The molecule has 0 saturated carbocycles. The van der Waals surface area contributed by atoms with Crippen LogP contribution in [0.25, 0.3) is 0 Å². The number of hydrogen-bond acceptors (Lipinski definition) is 6. The summed E-state index contributed by atoms with van der Waals surface area (Å²) in [6.07, 6.45) is 83.9. The van der Waals surface area contributed by atoms with E-state index in [1.54, 1.807) is 0 Å². The maximum atomic E-state index is 12.9.